The number of hydrogen-bond donors (Lipinski definition) is 1. The summed E-state index contributed by atoms with van der Waals surface area (Å²) in [7, 11) is 1.44. The Morgan fingerprint density at radius 3 is 2.50 bits per heavy atom. The maximum Gasteiger partial charge on any atom is 0.262 e. The number of amides is 3. The van der Waals surface area contributed by atoms with Gasteiger partial charge in [0.05, 0.1) is 30.8 Å². The van der Waals surface area contributed by atoms with E-state index in [1.54, 1.807) is 24.3 Å². The molecule has 34 heavy (non-hydrogen) atoms. The largest absolute Gasteiger partial charge is 0.493 e. The smallest absolute Gasteiger partial charge is 0.262 e. The summed E-state index contributed by atoms with van der Waals surface area (Å²) >= 11 is 0. The molecule has 174 valence electrons. The minimum atomic E-state index is -0.570. The molecule has 1 saturated heterocycles. The standard InChI is InChI=1S/C25H22FN3O5/c1-33-19-8-4-5-16(23(19)34-13-20(30)28-18-7-3-2-6-17(18)26)12-27-29-24(31)21-14-9-10-15(11-14)22(21)25(29)32/h2-10,12,14-15,21-22H,11,13H2,1H3,(H,28,30)/t14-,15-,21-,22+/m0/s1. The van der Waals surface area contributed by atoms with Crippen molar-refractivity contribution in [1.82, 2.24) is 5.01 Å². The molecule has 1 aliphatic heterocycles. The minimum Gasteiger partial charge on any atom is -0.493 e. The van der Waals surface area contributed by atoms with Gasteiger partial charge in [0, 0.05) is 5.56 Å². The first-order valence-electron chi connectivity index (χ1n) is 10.9. The first-order chi connectivity index (χ1) is 16.5. The highest BCUT2D eigenvalue weighted by Gasteiger charge is 2.59. The number of allylic oxidation sites excluding steroid dienone is 2. The molecule has 0 spiro atoms. The normalized spacial score (nSPS) is 24.7. The lowest BCUT2D eigenvalue weighted by Gasteiger charge is -2.14. The Kier molecular flexibility index (Phi) is 5.61. The number of carbonyl (C=O) groups is 3. The monoisotopic (exact) mass is 463 g/mol. The van der Waals surface area contributed by atoms with Gasteiger partial charge in [0.2, 0.25) is 0 Å². The van der Waals surface area contributed by atoms with Gasteiger partial charge < -0.3 is 14.8 Å². The zero-order valence-electron chi connectivity index (χ0n) is 18.3. The van der Waals surface area contributed by atoms with Crippen molar-refractivity contribution in [2.75, 3.05) is 19.0 Å². The molecular formula is C25H22FN3O5. The third-order valence-electron chi connectivity index (χ3n) is 6.48. The number of imide groups is 1. The maximum atomic E-state index is 13.8. The van der Waals surface area contributed by atoms with E-state index in [0.717, 1.165) is 11.4 Å². The average molecular weight is 463 g/mol. The highest BCUT2D eigenvalue weighted by Crippen LogP contribution is 2.52. The highest BCUT2D eigenvalue weighted by atomic mass is 19.1. The second kappa shape index (κ2) is 8.74. The Morgan fingerprint density at radius 2 is 1.82 bits per heavy atom. The van der Waals surface area contributed by atoms with E-state index in [1.165, 1.54) is 31.5 Å². The Balaban J connectivity index is 1.32. The van der Waals surface area contributed by atoms with Gasteiger partial charge in [0.15, 0.2) is 18.1 Å². The third kappa shape index (κ3) is 3.72. The van der Waals surface area contributed by atoms with Gasteiger partial charge in [-0.3, -0.25) is 14.4 Å². The van der Waals surface area contributed by atoms with Crippen LogP contribution in [-0.2, 0) is 14.4 Å². The zero-order valence-corrected chi connectivity index (χ0v) is 18.3. The fourth-order valence-electron chi connectivity index (χ4n) is 4.96. The molecule has 3 aliphatic rings. The number of nitrogens with one attached hydrogen (secondary N) is 1. The molecule has 2 bridgehead atoms. The van der Waals surface area contributed by atoms with Gasteiger partial charge in [0.25, 0.3) is 17.7 Å². The summed E-state index contributed by atoms with van der Waals surface area (Å²) in [4.78, 5) is 38.0. The number of fused-ring (bicyclic) bond motifs is 5. The lowest BCUT2D eigenvalue weighted by molar-refractivity contribution is -0.140. The number of carbonyl (C=O) groups excluding carboxylic acids is 3. The molecule has 2 aromatic rings. The molecule has 2 fully saturated rings. The average Bonchev–Trinajstić information content (AvgIpc) is 3.52. The van der Waals surface area contributed by atoms with Crippen LogP contribution in [0, 0.1) is 29.5 Å². The summed E-state index contributed by atoms with van der Waals surface area (Å²) in [5.41, 5.74) is 0.453. The van der Waals surface area contributed by atoms with E-state index in [9.17, 15) is 18.8 Å². The predicted octanol–water partition coefficient (Wildman–Crippen LogP) is 2.99. The number of halogens is 1. The molecule has 2 aromatic carbocycles. The number of benzene rings is 2. The summed E-state index contributed by atoms with van der Waals surface area (Å²) < 4.78 is 24.8. The molecule has 1 saturated carbocycles. The number of hydrogen-bond acceptors (Lipinski definition) is 6. The topological polar surface area (TPSA) is 97.3 Å². The lowest BCUT2D eigenvalue weighted by atomic mass is 9.85. The van der Waals surface area contributed by atoms with Gasteiger partial charge in [-0.05, 0) is 42.5 Å². The second-order valence-corrected chi connectivity index (χ2v) is 8.43. The van der Waals surface area contributed by atoms with Crippen molar-refractivity contribution in [3.8, 4) is 11.5 Å². The van der Waals surface area contributed by atoms with Crippen LogP contribution >= 0.6 is 0 Å². The van der Waals surface area contributed by atoms with Crippen molar-refractivity contribution in [3.05, 3.63) is 66.0 Å². The SMILES string of the molecule is COc1cccc(C=NN2C(=O)[C@@H]3[C@H](C2=O)[C@H]2C=C[C@H]3C2)c1OCC(=O)Nc1ccccc1F. The van der Waals surface area contributed by atoms with E-state index in [2.05, 4.69) is 10.4 Å². The van der Waals surface area contributed by atoms with Crippen LogP contribution in [0.25, 0.3) is 0 Å². The summed E-state index contributed by atoms with van der Waals surface area (Å²) in [5.74, 6) is -1.68. The van der Waals surface area contributed by atoms with Crippen molar-refractivity contribution < 1.29 is 28.2 Å². The number of nitrogens with zero attached hydrogens (tertiary/aromatic N) is 2. The molecule has 1 N–H and O–H groups in total. The number of para-hydroxylation sites is 2. The highest BCUT2D eigenvalue weighted by molar-refractivity contribution is 6.07. The van der Waals surface area contributed by atoms with Gasteiger partial charge in [-0.2, -0.15) is 10.1 Å². The number of hydrazone groups is 1. The van der Waals surface area contributed by atoms with E-state index in [0.29, 0.717) is 11.3 Å². The van der Waals surface area contributed by atoms with Gasteiger partial charge in [0.1, 0.15) is 5.82 Å². The Morgan fingerprint density at radius 1 is 1.12 bits per heavy atom. The molecule has 9 heteroatoms. The molecule has 3 amide bonds. The van der Waals surface area contributed by atoms with E-state index in [4.69, 9.17) is 9.47 Å². The van der Waals surface area contributed by atoms with Crippen molar-refractivity contribution >= 4 is 29.6 Å². The third-order valence-corrected chi connectivity index (χ3v) is 6.48. The molecule has 1 heterocycles. The molecule has 0 aromatic heterocycles. The van der Waals surface area contributed by atoms with E-state index in [1.807, 2.05) is 12.2 Å². The summed E-state index contributed by atoms with van der Waals surface area (Å²) in [6.07, 6.45) is 6.22. The Labute approximate surface area is 195 Å². The summed E-state index contributed by atoms with van der Waals surface area (Å²) in [6, 6.07) is 10.8. The van der Waals surface area contributed by atoms with Crippen molar-refractivity contribution in [1.29, 1.82) is 0 Å². The van der Waals surface area contributed by atoms with Crippen LogP contribution in [0.15, 0.2) is 59.7 Å². The number of ether oxygens (including phenoxy) is 2. The first kappa shape index (κ1) is 21.8. The van der Waals surface area contributed by atoms with Crippen molar-refractivity contribution in [3.63, 3.8) is 0 Å². The maximum absolute atomic E-state index is 13.8. The van der Waals surface area contributed by atoms with E-state index < -0.39 is 18.3 Å². The lowest BCUT2D eigenvalue weighted by Crippen LogP contribution is -2.28. The van der Waals surface area contributed by atoms with Gasteiger partial charge >= 0.3 is 0 Å². The van der Waals surface area contributed by atoms with Gasteiger partial charge in [-0.1, -0.05) is 30.4 Å². The summed E-state index contributed by atoms with van der Waals surface area (Å²) in [5, 5.41) is 7.56. The molecule has 4 atom stereocenters. The van der Waals surface area contributed by atoms with Crippen molar-refractivity contribution in [2.45, 2.75) is 6.42 Å². The fourth-order valence-corrected chi connectivity index (χ4v) is 4.96. The van der Waals surface area contributed by atoms with Gasteiger partial charge in [-0.15, -0.1) is 0 Å². The molecule has 0 radical (unpaired) electrons. The number of anilines is 1. The first-order valence-corrected chi connectivity index (χ1v) is 10.9. The van der Waals surface area contributed by atoms with E-state index >= 15 is 0 Å². The molecule has 8 nitrogen and oxygen atoms in total. The van der Waals surface area contributed by atoms with Gasteiger partial charge in [-0.25, -0.2) is 4.39 Å². The second-order valence-electron chi connectivity index (χ2n) is 8.43. The van der Waals surface area contributed by atoms with Crippen molar-refractivity contribution in [2.24, 2.45) is 28.8 Å². The number of methoxy groups -OCH3 is 1. The molecule has 2 aliphatic carbocycles. The number of rotatable bonds is 7. The van der Waals surface area contributed by atoms with Crippen LogP contribution in [0.4, 0.5) is 10.1 Å². The van der Waals surface area contributed by atoms with Crippen LogP contribution < -0.4 is 14.8 Å². The summed E-state index contributed by atoms with van der Waals surface area (Å²) in [6.45, 7) is -0.420. The molecular weight excluding hydrogens is 441 g/mol. The fraction of sp³-hybridized carbons (Fsp3) is 0.280. The van der Waals surface area contributed by atoms with Crippen LogP contribution in [0.3, 0.4) is 0 Å². The quantitative estimate of drug-likeness (QED) is 0.387. The van der Waals surface area contributed by atoms with Crippen LogP contribution in [-0.4, -0.2) is 42.7 Å². The molecule has 0 unspecified atom stereocenters. The van der Waals surface area contributed by atoms with Crippen LogP contribution in [0.2, 0.25) is 0 Å². The predicted molar refractivity (Wildman–Crippen MR) is 121 cm³/mol. The Hall–Kier alpha value is -4.01. The Bertz CT molecular complexity index is 1200. The minimum absolute atomic E-state index is 0.0398. The molecule has 5 rings (SSSR count). The van der Waals surface area contributed by atoms with Crippen LogP contribution in [0.5, 0.6) is 11.5 Å². The van der Waals surface area contributed by atoms with Crippen LogP contribution in [0.1, 0.15) is 12.0 Å². The van der Waals surface area contributed by atoms with E-state index in [-0.39, 0.29) is 46.9 Å². The zero-order chi connectivity index (χ0) is 23.8.